The first-order valence-electron chi connectivity index (χ1n) is 2.40. The van der Waals surface area contributed by atoms with Crippen LogP contribution in [0.4, 0.5) is 0 Å². The summed E-state index contributed by atoms with van der Waals surface area (Å²) >= 11 is 0. The lowest BCUT2D eigenvalue weighted by molar-refractivity contribution is 0.600. The van der Waals surface area contributed by atoms with E-state index < -0.39 is 0 Å². The summed E-state index contributed by atoms with van der Waals surface area (Å²) < 4.78 is 0. The SMILES string of the molecule is C#CC(C)C(C)N. The van der Waals surface area contributed by atoms with Crippen molar-refractivity contribution in [3.63, 3.8) is 0 Å². The van der Waals surface area contributed by atoms with Crippen LogP contribution in [-0.4, -0.2) is 6.04 Å². The van der Waals surface area contributed by atoms with Gasteiger partial charge in [-0.2, -0.15) is 0 Å². The van der Waals surface area contributed by atoms with E-state index in [0.29, 0.717) is 0 Å². The van der Waals surface area contributed by atoms with Gasteiger partial charge in [-0.15, -0.1) is 12.3 Å². The molecular formula is C6H11N. The van der Waals surface area contributed by atoms with Crippen LogP contribution in [0.25, 0.3) is 0 Å². The maximum Gasteiger partial charge on any atom is 0.0320 e. The highest BCUT2D eigenvalue weighted by Crippen LogP contribution is 1.94. The predicted molar refractivity (Wildman–Crippen MR) is 31.6 cm³/mol. The van der Waals surface area contributed by atoms with E-state index in [9.17, 15) is 0 Å². The molecule has 2 N–H and O–H groups in total. The van der Waals surface area contributed by atoms with E-state index in [1.54, 1.807) is 0 Å². The molecule has 0 heterocycles. The maximum atomic E-state index is 5.40. The Labute approximate surface area is 44.9 Å². The molecular weight excluding hydrogens is 86.1 g/mol. The van der Waals surface area contributed by atoms with Crippen LogP contribution in [0.15, 0.2) is 0 Å². The quantitative estimate of drug-likeness (QED) is 0.476. The Hall–Kier alpha value is -0.480. The molecule has 0 amide bonds. The fourth-order valence-electron chi connectivity index (χ4n) is 0.152. The van der Waals surface area contributed by atoms with Gasteiger partial charge in [0.1, 0.15) is 0 Å². The molecule has 0 saturated carbocycles. The Balaban J connectivity index is 3.40. The Morgan fingerprint density at radius 3 is 2.00 bits per heavy atom. The minimum atomic E-state index is 0.130. The van der Waals surface area contributed by atoms with Crippen molar-refractivity contribution in [2.45, 2.75) is 19.9 Å². The highest BCUT2D eigenvalue weighted by molar-refractivity contribution is 4.93. The zero-order chi connectivity index (χ0) is 5.86. The second kappa shape index (κ2) is 2.65. The molecule has 1 heteroatoms. The molecule has 0 aromatic carbocycles. The monoisotopic (exact) mass is 97.1 g/mol. The van der Waals surface area contributed by atoms with E-state index >= 15 is 0 Å². The van der Waals surface area contributed by atoms with E-state index in [2.05, 4.69) is 5.92 Å². The van der Waals surface area contributed by atoms with Crippen molar-refractivity contribution in [3.05, 3.63) is 0 Å². The molecule has 7 heavy (non-hydrogen) atoms. The first-order chi connectivity index (χ1) is 3.18. The van der Waals surface area contributed by atoms with Crippen molar-refractivity contribution >= 4 is 0 Å². The Bertz CT molecular complexity index is 78.7. The van der Waals surface area contributed by atoms with E-state index in [-0.39, 0.29) is 12.0 Å². The molecule has 0 rings (SSSR count). The lowest BCUT2D eigenvalue weighted by Crippen LogP contribution is -2.22. The molecule has 0 aliphatic heterocycles. The van der Waals surface area contributed by atoms with Gasteiger partial charge in [-0.3, -0.25) is 0 Å². The van der Waals surface area contributed by atoms with Crippen molar-refractivity contribution < 1.29 is 0 Å². The van der Waals surface area contributed by atoms with Gasteiger partial charge in [0.05, 0.1) is 0 Å². The highest BCUT2D eigenvalue weighted by atomic mass is 14.6. The standard InChI is InChI=1S/C6H11N/c1-4-5(2)6(3)7/h1,5-6H,7H2,2-3H3. The van der Waals surface area contributed by atoms with Crippen molar-refractivity contribution in [2.24, 2.45) is 11.7 Å². The molecule has 0 aliphatic rings. The second-order valence-electron chi connectivity index (χ2n) is 1.81. The summed E-state index contributed by atoms with van der Waals surface area (Å²) in [5.41, 5.74) is 5.40. The smallest absolute Gasteiger partial charge is 0.0320 e. The summed E-state index contributed by atoms with van der Waals surface area (Å²) in [7, 11) is 0. The zero-order valence-electron chi connectivity index (χ0n) is 4.81. The molecule has 2 atom stereocenters. The molecule has 0 aromatic heterocycles. The minimum Gasteiger partial charge on any atom is -0.327 e. The summed E-state index contributed by atoms with van der Waals surface area (Å²) in [6.45, 7) is 3.84. The van der Waals surface area contributed by atoms with Crippen LogP contribution >= 0.6 is 0 Å². The molecule has 0 saturated heterocycles. The van der Waals surface area contributed by atoms with Gasteiger partial charge in [-0.25, -0.2) is 0 Å². The Kier molecular flexibility index (Phi) is 2.47. The average molecular weight is 97.2 g/mol. The van der Waals surface area contributed by atoms with Gasteiger partial charge in [0, 0.05) is 12.0 Å². The molecule has 0 bridgehead atoms. The Morgan fingerprint density at radius 1 is 1.57 bits per heavy atom. The van der Waals surface area contributed by atoms with Crippen LogP contribution in [-0.2, 0) is 0 Å². The van der Waals surface area contributed by atoms with Crippen LogP contribution in [0.5, 0.6) is 0 Å². The third-order valence-electron chi connectivity index (χ3n) is 1.05. The number of hydrogen-bond donors (Lipinski definition) is 1. The number of rotatable bonds is 1. The van der Waals surface area contributed by atoms with Gasteiger partial charge in [0.15, 0.2) is 0 Å². The largest absolute Gasteiger partial charge is 0.327 e. The van der Waals surface area contributed by atoms with Crippen LogP contribution in [0, 0.1) is 18.3 Å². The van der Waals surface area contributed by atoms with Gasteiger partial charge in [-0.1, -0.05) is 0 Å². The van der Waals surface area contributed by atoms with E-state index in [0.717, 1.165) is 0 Å². The summed E-state index contributed by atoms with van der Waals surface area (Å²) in [6.07, 6.45) is 5.04. The molecule has 1 nitrogen and oxygen atoms in total. The lowest BCUT2D eigenvalue weighted by atomic mass is 10.1. The van der Waals surface area contributed by atoms with Crippen LogP contribution in [0.2, 0.25) is 0 Å². The molecule has 0 fully saturated rings. The van der Waals surface area contributed by atoms with Crippen molar-refractivity contribution in [1.29, 1.82) is 0 Å². The van der Waals surface area contributed by atoms with Gasteiger partial charge in [0.2, 0.25) is 0 Å². The minimum absolute atomic E-state index is 0.130. The van der Waals surface area contributed by atoms with E-state index in [4.69, 9.17) is 12.2 Å². The highest BCUT2D eigenvalue weighted by Gasteiger charge is 1.99. The topological polar surface area (TPSA) is 26.0 Å². The van der Waals surface area contributed by atoms with E-state index in [1.807, 2.05) is 13.8 Å². The summed E-state index contributed by atoms with van der Waals surface area (Å²) in [4.78, 5) is 0. The number of terminal acetylenes is 1. The first kappa shape index (κ1) is 6.52. The Morgan fingerprint density at radius 2 is 2.00 bits per heavy atom. The average Bonchev–Trinajstić information content (AvgIpc) is 1.65. The zero-order valence-corrected chi connectivity index (χ0v) is 4.81. The third-order valence-corrected chi connectivity index (χ3v) is 1.05. The predicted octanol–water partition coefficient (Wildman–Crippen LogP) is 0.603. The fourth-order valence-corrected chi connectivity index (χ4v) is 0.152. The molecule has 0 aromatic rings. The lowest BCUT2D eigenvalue weighted by Gasteiger charge is -2.05. The summed E-state index contributed by atoms with van der Waals surface area (Å²) in [5, 5.41) is 0. The van der Waals surface area contributed by atoms with E-state index in [1.165, 1.54) is 0 Å². The van der Waals surface area contributed by atoms with Crippen molar-refractivity contribution in [1.82, 2.24) is 0 Å². The maximum absolute atomic E-state index is 5.40. The summed E-state index contributed by atoms with van der Waals surface area (Å²) in [6, 6.07) is 0.130. The van der Waals surface area contributed by atoms with Crippen LogP contribution in [0.1, 0.15) is 13.8 Å². The molecule has 2 unspecified atom stereocenters. The van der Waals surface area contributed by atoms with Gasteiger partial charge in [0.25, 0.3) is 0 Å². The van der Waals surface area contributed by atoms with Gasteiger partial charge in [-0.05, 0) is 13.8 Å². The fraction of sp³-hybridized carbons (Fsp3) is 0.667. The number of hydrogen-bond acceptors (Lipinski definition) is 1. The number of nitrogens with two attached hydrogens (primary N) is 1. The van der Waals surface area contributed by atoms with Crippen molar-refractivity contribution in [3.8, 4) is 12.3 Å². The second-order valence-corrected chi connectivity index (χ2v) is 1.81. The van der Waals surface area contributed by atoms with Crippen LogP contribution in [0.3, 0.4) is 0 Å². The molecule has 0 spiro atoms. The third kappa shape index (κ3) is 2.24. The normalized spacial score (nSPS) is 17.4. The van der Waals surface area contributed by atoms with Crippen LogP contribution < -0.4 is 5.73 Å². The summed E-state index contributed by atoms with van der Waals surface area (Å²) in [5.74, 6) is 2.75. The first-order valence-corrected chi connectivity index (χ1v) is 2.40. The molecule has 0 radical (unpaired) electrons. The molecule has 0 aliphatic carbocycles. The van der Waals surface area contributed by atoms with Crippen molar-refractivity contribution in [2.75, 3.05) is 0 Å². The van der Waals surface area contributed by atoms with Gasteiger partial charge >= 0.3 is 0 Å². The van der Waals surface area contributed by atoms with Gasteiger partial charge < -0.3 is 5.73 Å². The molecule has 40 valence electrons.